The minimum Gasteiger partial charge on any atom is -0.280 e. The minimum atomic E-state index is -4.54. The largest absolute Gasteiger partial charge is 0.416 e. The van der Waals surface area contributed by atoms with Crippen LogP contribution in [0.25, 0.3) is 12.2 Å². The standard InChI is InChI=1S/C33H28F3N5O4/c1-22(25-11-5-3-6-12-25)39-29(30(41(44)45)31(42)40(32(39)43)23(2)26-13-7-4-8-14-26)18-17-24-19-37-38(20-24)21-27-15-9-10-16-28(27)33(34,35)36/h3-20,22-23H,21H2,1-2H3/b18-17+. The average molecular weight is 616 g/mol. The van der Waals surface area contributed by atoms with Crippen molar-refractivity contribution in [2.45, 2.75) is 38.7 Å². The third-order valence-electron chi connectivity index (χ3n) is 7.60. The molecule has 0 fully saturated rings. The summed E-state index contributed by atoms with van der Waals surface area (Å²) in [6, 6.07) is 21.3. The molecule has 0 N–H and O–H groups in total. The highest BCUT2D eigenvalue weighted by Crippen LogP contribution is 2.32. The van der Waals surface area contributed by atoms with Crippen molar-refractivity contribution in [3.8, 4) is 0 Å². The van der Waals surface area contributed by atoms with Gasteiger partial charge in [-0.15, -0.1) is 0 Å². The van der Waals surface area contributed by atoms with Crippen LogP contribution in [0, 0.1) is 10.1 Å². The van der Waals surface area contributed by atoms with E-state index in [1.165, 1.54) is 52.0 Å². The lowest BCUT2D eigenvalue weighted by Gasteiger charge is -2.22. The second-order valence-electron chi connectivity index (χ2n) is 10.5. The zero-order valence-corrected chi connectivity index (χ0v) is 24.3. The van der Waals surface area contributed by atoms with E-state index in [2.05, 4.69) is 5.10 Å². The first-order valence-electron chi connectivity index (χ1n) is 14.0. The zero-order valence-electron chi connectivity index (χ0n) is 24.3. The molecule has 2 aromatic heterocycles. The van der Waals surface area contributed by atoms with Gasteiger partial charge in [0.15, 0.2) is 0 Å². The van der Waals surface area contributed by atoms with Crippen molar-refractivity contribution in [3.63, 3.8) is 0 Å². The molecule has 230 valence electrons. The number of benzene rings is 3. The van der Waals surface area contributed by atoms with Crippen molar-refractivity contribution >= 4 is 17.8 Å². The maximum atomic E-state index is 14.1. The Morgan fingerprint density at radius 2 is 1.40 bits per heavy atom. The molecule has 0 spiro atoms. The van der Waals surface area contributed by atoms with Gasteiger partial charge in [-0.2, -0.15) is 18.3 Å². The summed E-state index contributed by atoms with van der Waals surface area (Å²) < 4.78 is 43.9. The van der Waals surface area contributed by atoms with E-state index in [1.54, 1.807) is 74.5 Å². The number of aromatic nitrogens is 4. The van der Waals surface area contributed by atoms with Crippen LogP contribution in [0.15, 0.2) is 107 Å². The number of rotatable bonds is 9. The summed E-state index contributed by atoms with van der Waals surface area (Å²) in [6.45, 7) is 3.16. The van der Waals surface area contributed by atoms with Crippen molar-refractivity contribution in [2.75, 3.05) is 0 Å². The molecule has 45 heavy (non-hydrogen) atoms. The fraction of sp³-hybridized carbons (Fsp3) is 0.182. The van der Waals surface area contributed by atoms with Gasteiger partial charge >= 0.3 is 23.1 Å². The van der Waals surface area contributed by atoms with Gasteiger partial charge < -0.3 is 0 Å². The van der Waals surface area contributed by atoms with E-state index < -0.39 is 45.7 Å². The van der Waals surface area contributed by atoms with Gasteiger partial charge in [-0.3, -0.25) is 24.2 Å². The molecule has 2 unspecified atom stereocenters. The monoisotopic (exact) mass is 615 g/mol. The summed E-state index contributed by atoms with van der Waals surface area (Å²) in [6.07, 6.45) is 1.03. The number of hydrogen-bond acceptors (Lipinski definition) is 5. The van der Waals surface area contributed by atoms with Crippen LogP contribution in [0.2, 0.25) is 0 Å². The molecule has 9 nitrogen and oxygen atoms in total. The molecule has 2 atom stereocenters. The molecule has 12 heteroatoms. The lowest BCUT2D eigenvalue weighted by atomic mass is 10.1. The number of alkyl halides is 3. The first kappa shape index (κ1) is 30.9. The Kier molecular flexibility index (Phi) is 8.66. The predicted molar refractivity (Wildman–Crippen MR) is 164 cm³/mol. The van der Waals surface area contributed by atoms with E-state index in [4.69, 9.17) is 0 Å². The second-order valence-corrected chi connectivity index (χ2v) is 10.5. The molecule has 0 amide bonds. The van der Waals surface area contributed by atoms with E-state index in [1.807, 2.05) is 0 Å². The maximum absolute atomic E-state index is 14.1. The van der Waals surface area contributed by atoms with Gasteiger partial charge in [-0.1, -0.05) is 78.9 Å². The molecule has 3 aromatic carbocycles. The summed E-state index contributed by atoms with van der Waals surface area (Å²) in [5, 5.41) is 16.6. The van der Waals surface area contributed by atoms with Crippen molar-refractivity contribution in [1.82, 2.24) is 18.9 Å². The van der Waals surface area contributed by atoms with E-state index in [0.29, 0.717) is 16.7 Å². The fourth-order valence-electron chi connectivity index (χ4n) is 5.29. The highest BCUT2D eigenvalue weighted by atomic mass is 19.4. The van der Waals surface area contributed by atoms with Gasteiger partial charge in [0.1, 0.15) is 5.69 Å². The molecular weight excluding hydrogens is 587 g/mol. The molecule has 0 saturated carbocycles. The van der Waals surface area contributed by atoms with Gasteiger partial charge in [-0.25, -0.2) is 9.36 Å². The molecule has 0 aliphatic heterocycles. The summed E-state index contributed by atoms with van der Waals surface area (Å²) >= 11 is 0. The molecule has 2 heterocycles. The lowest BCUT2D eigenvalue weighted by molar-refractivity contribution is -0.387. The normalized spacial score (nSPS) is 13.2. The maximum Gasteiger partial charge on any atom is 0.416 e. The molecule has 0 saturated heterocycles. The first-order valence-corrected chi connectivity index (χ1v) is 14.0. The first-order chi connectivity index (χ1) is 21.5. The molecule has 5 aromatic rings. The van der Waals surface area contributed by atoms with Crippen molar-refractivity contribution < 1.29 is 18.1 Å². The van der Waals surface area contributed by atoms with Crippen LogP contribution in [-0.4, -0.2) is 23.8 Å². The molecule has 0 radical (unpaired) electrons. The van der Waals surface area contributed by atoms with E-state index in [9.17, 15) is 32.9 Å². The summed E-state index contributed by atoms with van der Waals surface area (Å²) in [4.78, 5) is 39.4. The lowest BCUT2D eigenvalue weighted by Crippen LogP contribution is -2.44. The Labute approximate surface area is 255 Å². The predicted octanol–water partition coefficient (Wildman–Crippen LogP) is 6.57. The van der Waals surface area contributed by atoms with Crippen LogP contribution in [0.3, 0.4) is 0 Å². The third-order valence-corrected chi connectivity index (χ3v) is 7.60. The number of halogens is 3. The Bertz CT molecular complexity index is 1980. The number of nitro groups is 1. The average Bonchev–Trinajstić information content (AvgIpc) is 3.47. The van der Waals surface area contributed by atoms with Gasteiger partial charge in [0.2, 0.25) is 0 Å². The van der Waals surface area contributed by atoms with Gasteiger partial charge in [0.05, 0.1) is 35.3 Å². The Balaban J connectivity index is 1.63. The van der Waals surface area contributed by atoms with Crippen molar-refractivity contribution in [2.24, 2.45) is 0 Å². The highest BCUT2D eigenvalue weighted by molar-refractivity contribution is 5.71. The molecule has 5 rings (SSSR count). The Morgan fingerprint density at radius 3 is 1.98 bits per heavy atom. The van der Waals surface area contributed by atoms with Crippen molar-refractivity contribution in [3.05, 3.63) is 162 Å². The third kappa shape index (κ3) is 6.40. The molecule has 0 aliphatic carbocycles. The summed E-state index contributed by atoms with van der Waals surface area (Å²) in [7, 11) is 0. The summed E-state index contributed by atoms with van der Waals surface area (Å²) in [5.74, 6) is 0. The Hall–Kier alpha value is -5.52. The zero-order chi connectivity index (χ0) is 32.3. The number of hydrogen-bond donors (Lipinski definition) is 0. The smallest absolute Gasteiger partial charge is 0.280 e. The van der Waals surface area contributed by atoms with Crippen LogP contribution >= 0.6 is 0 Å². The second kappa shape index (κ2) is 12.6. The van der Waals surface area contributed by atoms with E-state index >= 15 is 0 Å². The van der Waals surface area contributed by atoms with Crippen LogP contribution in [0.4, 0.5) is 18.9 Å². The van der Waals surface area contributed by atoms with Crippen LogP contribution < -0.4 is 11.2 Å². The van der Waals surface area contributed by atoms with Gasteiger partial charge in [0.25, 0.3) is 0 Å². The van der Waals surface area contributed by atoms with Crippen LogP contribution in [0.5, 0.6) is 0 Å². The molecular formula is C33H28F3N5O4. The minimum absolute atomic E-state index is 0.0148. The van der Waals surface area contributed by atoms with Gasteiger partial charge in [-0.05, 0) is 48.8 Å². The SMILES string of the molecule is CC(c1ccccc1)n1c(/C=C/c2cnn(Cc3ccccc3C(F)(F)F)c2)c([N+](=O)[O-])c(=O)n(C(C)c2ccccc2)c1=O. The fourth-order valence-corrected chi connectivity index (χ4v) is 5.29. The summed E-state index contributed by atoms with van der Waals surface area (Å²) in [5.41, 5.74) is -1.89. The number of nitrogens with zero attached hydrogens (tertiary/aromatic N) is 5. The molecule has 0 bridgehead atoms. The topological polar surface area (TPSA) is 105 Å². The van der Waals surface area contributed by atoms with Crippen LogP contribution in [-0.2, 0) is 12.7 Å². The van der Waals surface area contributed by atoms with E-state index in [-0.39, 0.29) is 17.8 Å². The van der Waals surface area contributed by atoms with Crippen LogP contribution in [0.1, 0.15) is 59.4 Å². The molecule has 0 aliphatic rings. The van der Waals surface area contributed by atoms with E-state index in [0.717, 1.165) is 10.6 Å². The highest BCUT2D eigenvalue weighted by Gasteiger charge is 2.33. The Morgan fingerprint density at radius 1 is 0.844 bits per heavy atom. The van der Waals surface area contributed by atoms with Crippen molar-refractivity contribution in [1.29, 1.82) is 0 Å². The quantitative estimate of drug-likeness (QED) is 0.138. The van der Waals surface area contributed by atoms with Gasteiger partial charge in [0, 0.05) is 11.8 Å².